The first-order valence-electron chi connectivity index (χ1n) is 12.6. The molecule has 0 aliphatic carbocycles. The van der Waals surface area contributed by atoms with Gasteiger partial charge < -0.3 is 0 Å². The molecule has 0 aliphatic heterocycles. The number of hydrogen-bond donors (Lipinski definition) is 0. The van der Waals surface area contributed by atoms with Crippen LogP contribution in [0, 0.1) is 11.3 Å². The molecule has 0 amide bonds. The average Bonchev–Trinajstić information content (AvgIpc) is 2.99. The molecular formula is C35H21N3. The van der Waals surface area contributed by atoms with Crippen molar-refractivity contribution in [2.75, 3.05) is 0 Å². The van der Waals surface area contributed by atoms with Crippen molar-refractivity contribution in [1.82, 2.24) is 9.97 Å². The molecule has 3 nitrogen and oxygen atoms in total. The van der Waals surface area contributed by atoms with Gasteiger partial charge in [0, 0.05) is 17.1 Å². The molecule has 0 radical (unpaired) electrons. The third kappa shape index (κ3) is 3.77. The van der Waals surface area contributed by atoms with E-state index in [1.807, 2.05) is 54.7 Å². The molecule has 0 spiro atoms. The molecule has 0 atom stereocenters. The average molecular weight is 484 g/mol. The number of hydrogen-bond acceptors (Lipinski definition) is 3. The molecule has 0 N–H and O–H groups in total. The zero-order valence-electron chi connectivity index (χ0n) is 20.5. The minimum Gasteiger partial charge on any atom is -0.236 e. The highest BCUT2D eigenvalue weighted by molar-refractivity contribution is 6.01. The summed E-state index contributed by atoms with van der Waals surface area (Å²) in [5, 5.41) is 14.9. The highest BCUT2D eigenvalue weighted by Crippen LogP contribution is 2.35. The van der Waals surface area contributed by atoms with Crippen LogP contribution in [-0.4, -0.2) is 9.97 Å². The van der Waals surface area contributed by atoms with Crippen LogP contribution in [0.1, 0.15) is 5.56 Å². The fraction of sp³-hybridized carbons (Fsp3) is 0. The summed E-state index contributed by atoms with van der Waals surface area (Å²) >= 11 is 0. The Morgan fingerprint density at radius 2 is 1.13 bits per heavy atom. The smallest absolute Gasteiger partial charge is 0.160 e. The maximum atomic E-state index is 9.19. The first kappa shape index (κ1) is 21.9. The summed E-state index contributed by atoms with van der Waals surface area (Å²) in [6, 6.07) is 43.9. The Hall–Kier alpha value is -5.33. The van der Waals surface area contributed by atoms with E-state index < -0.39 is 0 Å². The first-order valence-corrected chi connectivity index (χ1v) is 12.6. The van der Waals surface area contributed by atoms with Gasteiger partial charge in [-0.25, -0.2) is 9.97 Å². The van der Waals surface area contributed by atoms with Gasteiger partial charge in [-0.1, -0.05) is 91.0 Å². The number of para-hydroxylation sites is 1. The highest BCUT2D eigenvalue weighted by atomic mass is 14.9. The Morgan fingerprint density at radius 3 is 1.84 bits per heavy atom. The molecule has 0 unspecified atom stereocenters. The van der Waals surface area contributed by atoms with Crippen LogP contribution in [0.5, 0.6) is 0 Å². The summed E-state index contributed by atoms with van der Waals surface area (Å²) in [4.78, 5) is 9.56. The Kier molecular flexibility index (Phi) is 5.17. The SMILES string of the molecule is N#Cc1ccc(-c2cccc3ccc(-c4ccc5cccc(-c6ncc7ccccc7n6)c5c4)cc23)cc1. The van der Waals surface area contributed by atoms with Crippen LogP contribution in [0.4, 0.5) is 0 Å². The zero-order valence-corrected chi connectivity index (χ0v) is 20.5. The van der Waals surface area contributed by atoms with Crippen LogP contribution in [0.3, 0.4) is 0 Å². The Bertz CT molecular complexity index is 2030. The molecule has 1 heterocycles. The van der Waals surface area contributed by atoms with E-state index in [4.69, 9.17) is 9.97 Å². The molecule has 0 aliphatic rings. The Labute approximate surface area is 220 Å². The molecular weight excluding hydrogens is 462 g/mol. The number of benzene rings is 6. The second-order valence-corrected chi connectivity index (χ2v) is 9.42. The minimum atomic E-state index is 0.664. The number of aromatic nitrogens is 2. The van der Waals surface area contributed by atoms with Gasteiger partial charge in [0.25, 0.3) is 0 Å². The minimum absolute atomic E-state index is 0.664. The van der Waals surface area contributed by atoms with Gasteiger partial charge in [0.1, 0.15) is 0 Å². The lowest BCUT2D eigenvalue weighted by atomic mass is 9.93. The highest BCUT2D eigenvalue weighted by Gasteiger charge is 2.11. The molecule has 3 heteroatoms. The predicted octanol–water partition coefficient (Wildman–Crippen LogP) is 8.81. The van der Waals surface area contributed by atoms with Gasteiger partial charge in [-0.2, -0.15) is 5.26 Å². The summed E-state index contributed by atoms with van der Waals surface area (Å²) < 4.78 is 0. The van der Waals surface area contributed by atoms with Crippen molar-refractivity contribution in [2.24, 2.45) is 0 Å². The summed E-state index contributed by atoms with van der Waals surface area (Å²) in [6.45, 7) is 0. The van der Waals surface area contributed by atoms with Gasteiger partial charge in [-0.05, 0) is 74.1 Å². The van der Waals surface area contributed by atoms with Gasteiger partial charge >= 0.3 is 0 Å². The second-order valence-electron chi connectivity index (χ2n) is 9.42. The molecule has 7 aromatic rings. The molecule has 0 saturated heterocycles. The maximum absolute atomic E-state index is 9.19. The van der Waals surface area contributed by atoms with Crippen LogP contribution < -0.4 is 0 Å². The van der Waals surface area contributed by atoms with Crippen LogP contribution >= 0.6 is 0 Å². The van der Waals surface area contributed by atoms with E-state index in [0.717, 1.165) is 55.3 Å². The number of fused-ring (bicyclic) bond motifs is 3. The van der Waals surface area contributed by atoms with E-state index in [1.54, 1.807) is 0 Å². The second kappa shape index (κ2) is 8.96. The molecule has 0 saturated carbocycles. The van der Waals surface area contributed by atoms with Gasteiger partial charge in [0.2, 0.25) is 0 Å². The van der Waals surface area contributed by atoms with Crippen LogP contribution in [0.25, 0.3) is 66.1 Å². The van der Waals surface area contributed by atoms with Crippen molar-refractivity contribution in [1.29, 1.82) is 5.26 Å². The van der Waals surface area contributed by atoms with Crippen molar-refractivity contribution >= 4 is 32.4 Å². The van der Waals surface area contributed by atoms with E-state index in [-0.39, 0.29) is 0 Å². The van der Waals surface area contributed by atoms with E-state index in [1.165, 1.54) is 10.8 Å². The predicted molar refractivity (Wildman–Crippen MR) is 156 cm³/mol. The van der Waals surface area contributed by atoms with Crippen molar-refractivity contribution in [3.63, 3.8) is 0 Å². The van der Waals surface area contributed by atoms with Gasteiger partial charge in [0.05, 0.1) is 17.1 Å². The van der Waals surface area contributed by atoms with Gasteiger partial charge in [-0.3, -0.25) is 0 Å². The summed E-state index contributed by atoms with van der Waals surface area (Å²) in [5.74, 6) is 0.730. The Balaban J connectivity index is 1.37. The zero-order chi connectivity index (χ0) is 25.5. The third-order valence-corrected chi connectivity index (χ3v) is 7.15. The van der Waals surface area contributed by atoms with E-state index >= 15 is 0 Å². The number of nitriles is 1. The van der Waals surface area contributed by atoms with E-state index in [0.29, 0.717) is 5.56 Å². The molecule has 176 valence electrons. The number of nitrogens with zero attached hydrogens (tertiary/aromatic N) is 3. The van der Waals surface area contributed by atoms with Crippen molar-refractivity contribution in [2.45, 2.75) is 0 Å². The number of rotatable bonds is 3. The molecule has 0 fully saturated rings. The Morgan fingerprint density at radius 1 is 0.526 bits per heavy atom. The van der Waals surface area contributed by atoms with Gasteiger partial charge in [0.15, 0.2) is 5.82 Å². The summed E-state index contributed by atoms with van der Waals surface area (Å²) in [7, 11) is 0. The van der Waals surface area contributed by atoms with Crippen molar-refractivity contribution < 1.29 is 0 Å². The third-order valence-electron chi connectivity index (χ3n) is 7.15. The fourth-order valence-corrected chi connectivity index (χ4v) is 5.18. The van der Waals surface area contributed by atoms with Gasteiger partial charge in [-0.15, -0.1) is 0 Å². The monoisotopic (exact) mass is 483 g/mol. The molecule has 1 aromatic heterocycles. The molecule has 6 aromatic carbocycles. The molecule has 0 bridgehead atoms. The molecule has 38 heavy (non-hydrogen) atoms. The van der Waals surface area contributed by atoms with Crippen LogP contribution in [0.15, 0.2) is 128 Å². The largest absolute Gasteiger partial charge is 0.236 e. The quantitative estimate of drug-likeness (QED) is 0.252. The lowest BCUT2D eigenvalue weighted by Gasteiger charge is -2.12. The van der Waals surface area contributed by atoms with Crippen molar-refractivity contribution in [3.8, 4) is 39.7 Å². The topological polar surface area (TPSA) is 49.6 Å². The normalized spacial score (nSPS) is 11.1. The van der Waals surface area contributed by atoms with E-state index in [9.17, 15) is 5.26 Å². The molecule has 7 rings (SSSR count). The summed E-state index contributed by atoms with van der Waals surface area (Å²) in [6.07, 6.45) is 1.90. The lowest BCUT2D eigenvalue weighted by molar-refractivity contribution is 1.23. The fourth-order valence-electron chi connectivity index (χ4n) is 5.18. The van der Waals surface area contributed by atoms with Crippen LogP contribution in [0.2, 0.25) is 0 Å². The lowest BCUT2D eigenvalue weighted by Crippen LogP contribution is -1.91. The first-order chi connectivity index (χ1) is 18.8. The van der Waals surface area contributed by atoms with Crippen molar-refractivity contribution in [3.05, 3.63) is 133 Å². The maximum Gasteiger partial charge on any atom is 0.160 e. The van der Waals surface area contributed by atoms with E-state index in [2.05, 4.69) is 78.9 Å². The van der Waals surface area contributed by atoms with Crippen LogP contribution in [-0.2, 0) is 0 Å². The summed E-state index contributed by atoms with van der Waals surface area (Å²) in [5.41, 5.74) is 7.17. The standard InChI is InChI=1S/C35H21N3/c36-21-23-11-13-26(14-12-23)30-8-3-6-24-15-17-27(19-32(24)30)28-18-16-25-7-4-9-31(33(25)20-28)35-37-22-29-5-1-2-10-34(29)38-35/h1-20,22H.